The minimum atomic E-state index is 0. The summed E-state index contributed by atoms with van der Waals surface area (Å²) in [7, 11) is 1.72. The lowest BCUT2D eigenvalue weighted by molar-refractivity contribution is -0.121. The van der Waals surface area contributed by atoms with Crippen molar-refractivity contribution in [2.24, 2.45) is 16.3 Å². The molecule has 1 rings (SSSR count). The number of nitrogens with one attached hydrogen (secondary N) is 2. The summed E-state index contributed by atoms with van der Waals surface area (Å²) in [6, 6.07) is 0. The van der Waals surface area contributed by atoms with Gasteiger partial charge in [0.15, 0.2) is 5.96 Å². The third-order valence-corrected chi connectivity index (χ3v) is 4.60. The maximum atomic E-state index is 11.5. The minimum absolute atomic E-state index is 0. The van der Waals surface area contributed by atoms with Crippen LogP contribution in [-0.4, -0.2) is 50.0 Å². The van der Waals surface area contributed by atoms with E-state index in [1.54, 1.807) is 7.05 Å². The van der Waals surface area contributed by atoms with Gasteiger partial charge in [-0.05, 0) is 43.9 Å². The standard InChI is InChI=1S/C19H38N4O.HI/c1-6-21-18(22-12-8-7-11-19(2,3)4)23-13-9-16(10-14-23)15-17(24)20-5;/h16H,6-15H2,1-5H3,(H,20,24)(H,21,22);1H. The highest BCUT2D eigenvalue weighted by Crippen LogP contribution is 2.22. The molecule has 1 fully saturated rings. The molecular formula is C19H39IN4O. The van der Waals surface area contributed by atoms with Gasteiger partial charge in [-0.3, -0.25) is 9.79 Å². The summed E-state index contributed by atoms with van der Waals surface area (Å²) in [5, 5.41) is 6.15. The van der Waals surface area contributed by atoms with E-state index in [0.717, 1.165) is 51.4 Å². The van der Waals surface area contributed by atoms with Crippen molar-refractivity contribution in [3.05, 3.63) is 0 Å². The Hall–Kier alpha value is -0.530. The van der Waals surface area contributed by atoms with E-state index >= 15 is 0 Å². The van der Waals surface area contributed by atoms with Crippen LogP contribution in [0.5, 0.6) is 0 Å². The number of hydrogen-bond acceptors (Lipinski definition) is 2. The first-order chi connectivity index (χ1) is 11.4. The number of halogens is 1. The number of piperidine rings is 1. The molecule has 1 amide bonds. The van der Waals surface area contributed by atoms with Gasteiger partial charge in [0.05, 0.1) is 0 Å². The molecule has 1 aliphatic rings. The fourth-order valence-electron chi connectivity index (χ4n) is 3.09. The molecule has 2 N–H and O–H groups in total. The van der Waals surface area contributed by atoms with E-state index in [1.165, 1.54) is 12.8 Å². The van der Waals surface area contributed by atoms with Crippen molar-refractivity contribution in [3.63, 3.8) is 0 Å². The van der Waals surface area contributed by atoms with Crippen molar-refractivity contribution in [1.29, 1.82) is 0 Å². The zero-order valence-corrected chi connectivity index (χ0v) is 19.2. The molecule has 25 heavy (non-hydrogen) atoms. The Balaban J connectivity index is 0.00000576. The number of guanidine groups is 1. The summed E-state index contributed by atoms with van der Waals surface area (Å²) in [6.45, 7) is 12.8. The number of amides is 1. The van der Waals surface area contributed by atoms with Gasteiger partial charge in [-0.1, -0.05) is 27.2 Å². The predicted molar refractivity (Wildman–Crippen MR) is 118 cm³/mol. The van der Waals surface area contributed by atoms with Gasteiger partial charge in [0.25, 0.3) is 0 Å². The van der Waals surface area contributed by atoms with Crippen LogP contribution in [0, 0.1) is 11.3 Å². The number of nitrogens with zero attached hydrogens (tertiary/aromatic N) is 2. The predicted octanol–water partition coefficient (Wildman–Crippen LogP) is 3.63. The second-order valence-corrected chi connectivity index (χ2v) is 8.06. The molecule has 5 nitrogen and oxygen atoms in total. The third-order valence-electron chi connectivity index (χ3n) is 4.60. The van der Waals surface area contributed by atoms with Crippen LogP contribution in [0.15, 0.2) is 4.99 Å². The lowest BCUT2D eigenvalue weighted by atomic mass is 9.90. The van der Waals surface area contributed by atoms with E-state index < -0.39 is 0 Å². The summed E-state index contributed by atoms with van der Waals surface area (Å²) >= 11 is 0. The molecule has 1 saturated heterocycles. The number of hydrogen-bond donors (Lipinski definition) is 2. The lowest BCUT2D eigenvalue weighted by Crippen LogP contribution is -2.46. The molecule has 0 aromatic carbocycles. The fourth-order valence-corrected chi connectivity index (χ4v) is 3.09. The van der Waals surface area contributed by atoms with Crippen LogP contribution in [0.3, 0.4) is 0 Å². The highest BCUT2D eigenvalue weighted by atomic mass is 127. The topological polar surface area (TPSA) is 56.7 Å². The van der Waals surface area contributed by atoms with E-state index in [-0.39, 0.29) is 29.9 Å². The Kier molecular flexibility index (Phi) is 12.5. The molecular weight excluding hydrogens is 427 g/mol. The summed E-state index contributed by atoms with van der Waals surface area (Å²) in [6.07, 6.45) is 6.44. The number of carbonyl (C=O) groups is 1. The van der Waals surface area contributed by atoms with Crippen molar-refractivity contribution in [2.75, 3.05) is 33.2 Å². The van der Waals surface area contributed by atoms with Crippen LogP contribution >= 0.6 is 24.0 Å². The van der Waals surface area contributed by atoms with Gasteiger partial charge in [0.2, 0.25) is 5.91 Å². The van der Waals surface area contributed by atoms with Crippen molar-refractivity contribution in [1.82, 2.24) is 15.5 Å². The third kappa shape index (κ3) is 10.9. The first-order valence-corrected chi connectivity index (χ1v) is 9.59. The van der Waals surface area contributed by atoms with Crippen LogP contribution in [-0.2, 0) is 4.79 Å². The van der Waals surface area contributed by atoms with Crippen LogP contribution in [0.25, 0.3) is 0 Å². The smallest absolute Gasteiger partial charge is 0.220 e. The Morgan fingerprint density at radius 3 is 2.36 bits per heavy atom. The molecule has 1 heterocycles. The van der Waals surface area contributed by atoms with Gasteiger partial charge in [0, 0.05) is 39.6 Å². The van der Waals surface area contributed by atoms with Gasteiger partial charge in [-0.15, -0.1) is 24.0 Å². The average molecular weight is 466 g/mol. The molecule has 0 unspecified atom stereocenters. The number of likely N-dealkylation sites (tertiary alicyclic amines) is 1. The van der Waals surface area contributed by atoms with Crippen molar-refractivity contribution < 1.29 is 4.79 Å². The average Bonchev–Trinajstić information content (AvgIpc) is 2.53. The Morgan fingerprint density at radius 1 is 1.20 bits per heavy atom. The molecule has 0 spiro atoms. The Morgan fingerprint density at radius 2 is 1.84 bits per heavy atom. The van der Waals surface area contributed by atoms with Gasteiger partial charge < -0.3 is 15.5 Å². The summed E-state index contributed by atoms with van der Waals surface area (Å²) in [5.41, 5.74) is 0.418. The molecule has 0 aliphatic carbocycles. The Bertz CT molecular complexity index is 399. The van der Waals surface area contributed by atoms with Crippen LogP contribution in [0.2, 0.25) is 0 Å². The molecule has 6 heteroatoms. The number of aliphatic imine (C=N–C) groups is 1. The van der Waals surface area contributed by atoms with Gasteiger partial charge >= 0.3 is 0 Å². The number of carbonyl (C=O) groups excluding carboxylic acids is 1. The maximum Gasteiger partial charge on any atom is 0.220 e. The monoisotopic (exact) mass is 466 g/mol. The molecule has 0 bridgehead atoms. The highest BCUT2D eigenvalue weighted by Gasteiger charge is 2.22. The molecule has 148 valence electrons. The second-order valence-electron chi connectivity index (χ2n) is 8.06. The molecule has 0 aromatic heterocycles. The molecule has 0 saturated carbocycles. The van der Waals surface area contributed by atoms with Crippen molar-refractivity contribution >= 4 is 35.8 Å². The van der Waals surface area contributed by atoms with Crippen LogP contribution < -0.4 is 10.6 Å². The zero-order valence-electron chi connectivity index (χ0n) is 16.9. The largest absolute Gasteiger partial charge is 0.359 e. The summed E-state index contributed by atoms with van der Waals surface area (Å²) in [5.74, 6) is 1.72. The number of unbranched alkanes of at least 4 members (excludes halogenated alkanes) is 1. The molecule has 0 aromatic rings. The van der Waals surface area contributed by atoms with Crippen molar-refractivity contribution in [3.8, 4) is 0 Å². The number of rotatable bonds is 7. The van der Waals surface area contributed by atoms with Crippen LogP contribution in [0.1, 0.15) is 66.2 Å². The van der Waals surface area contributed by atoms with Gasteiger partial charge in [0.1, 0.15) is 0 Å². The quantitative estimate of drug-likeness (QED) is 0.261. The van der Waals surface area contributed by atoms with Gasteiger partial charge in [-0.2, -0.15) is 0 Å². The zero-order chi connectivity index (χ0) is 18.0. The van der Waals surface area contributed by atoms with E-state index in [2.05, 4.69) is 43.2 Å². The second kappa shape index (κ2) is 12.8. The summed E-state index contributed by atoms with van der Waals surface area (Å²) in [4.78, 5) is 18.7. The highest BCUT2D eigenvalue weighted by molar-refractivity contribution is 14.0. The maximum absolute atomic E-state index is 11.5. The Labute approximate surface area is 171 Å². The molecule has 0 radical (unpaired) electrons. The SMILES string of the molecule is CCNC(=NCCCCC(C)(C)C)N1CCC(CC(=O)NC)CC1.I. The van der Waals surface area contributed by atoms with E-state index in [0.29, 0.717) is 17.8 Å². The fraction of sp³-hybridized carbons (Fsp3) is 0.895. The lowest BCUT2D eigenvalue weighted by Gasteiger charge is -2.34. The first kappa shape index (κ1) is 24.5. The molecule has 1 aliphatic heterocycles. The van der Waals surface area contributed by atoms with Crippen LogP contribution in [0.4, 0.5) is 0 Å². The van der Waals surface area contributed by atoms with Gasteiger partial charge in [-0.25, -0.2) is 0 Å². The van der Waals surface area contributed by atoms with E-state index in [4.69, 9.17) is 4.99 Å². The first-order valence-electron chi connectivity index (χ1n) is 9.59. The molecule has 0 atom stereocenters. The van der Waals surface area contributed by atoms with Crippen molar-refractivity contribution in [2.45, 2.75) is 66.2 Å². The summed E-state index contributed by atoms with van der Waals surface area (Å²) < 4.78 is 0. The van der Waals surface area contributed by atoms with E-state index in [9.17, 15) is 4.79 Å². The normalized spacial score (nSPS) is 16.4. The van der Waals surface area contributed by atoms with E-state index in [1.807, 2.05) is 0 Å². The minimum Gasteiger partial charge on any atom is -0.359 e.